The molecule has 1 heterocycles. The van der Waals surface area contributed by atoms with Gasteiger partial charge in [-0.15, -0.1) is 0 Å². The first-order valence-electron chi connectivity index (χ1n) is 4.74. The minimum atomic E-state index is -0.0891. The maximum absolute atomic E-state index is 5.65. The van der Waals surface area contributed by atoms with Gasteiger partial charge in [-0.3, -0.25) is 0 Å². The Bertz CT molecular complexity index is 154. The maximum Gasteiger partial charge on any atom is 0.148 e. The molecule has 0 aromatic carbocycles. The molecule has 0 aromatic rings. The summed E-state index contributed by atoms with van der Waals surface area (Å²) in [5.41, 5.74) is -0.0891. The first kappa shape index (κ1) is 10.0. The average molecular weight is 172 g/mol. The Hall–Kier alpha value is -0.0800. The van der Waals surface area contributed by atoms with Crippen molar-refractivity contribution in [3.8, 4) is 0 Å². The van der Waals surface area contributed by atoms with Crippen LogP contribution in [0.15, 0.2) is 0 Å². The predicted octanol–water partition coefficient (Wildman–Crippen LogP) is 2.43. The Balaban J connectivity index is 2.74. The highest BCUT2D eigenvalue weighted by molar-refractivity contribution is 4.92. The van der Waals surface area contributed by atoms with E-state index in [0.717, 1.165) is 0 Å². The van der Waals surface area contributed by atoms with Crippen molar-refractivity contribution in [2.75, 3.05) is 6.79 Å². The molecule has 0 bridgehead atoms. The van der Waals surface area contributed by atoms with E-state index in [1.54, 1.807) is 0 Å². The molecule has 2 nitrogen and oxygen atoms in total. The van der Waals surface area contributed by atoms with Gasteiger partial charge in [0.25, 0.3) is 0 Å². The van der Waals surface area contributed by atoms with E-state index < -0.39 is 0 Å². The Morgan fingerprint density at radius 3 is 2.17 bits per heavy atom. The van der Waals surface area contributed by atoms with Gasteiger partial charge in [-0.25, -0.2) is 0 Å². The Labute approximate surface area is 75.2 Å². The molecule has 72 valence electrons. The van der Waals surface area contributed by atoms with Crippen LogP contribution >= 0.6 is 0 Å². The Morgan fingerprint density at radius 2 is 1.83 bits per heavy atom. The summed E-state index contributed by atoms with van der Waals surface area (Å²) in [6, 6.07) is 0. The second kappa shape index (κ2) is 3.35. The molecule has 0 unspecified atom stereocenters. The van der Waals surface area contributed by atoms with Gasteiger partial charge in [-0.2, -0.15) is 0 Å². The van der Waals surface area contributed by atoms with E-state index in [1.807, 2.05) is 0 Å². The Kier molecular flexibility index (Phi) is 2.79. The summed E-state index contributed by atoms with van der Waals surface area (Å²) in [7, 11) is 0. The molecular formula is C10H20O2. The summed E-state index contributed by atoms with van der Waals surface area (Å²) >= 11 is 0. The largest absolute Gasteiger partial charge is 0.349 e. The summed E-state index contributed by atoms with van der Waals surface area (Å²) < 4.78 is 11.2. The van der Waals surface area contributed by atoms with Gasteiger partial charge in [-0.1, -0.05) is 27.7 Å². The van der Waals surface area contributed by atoms with Crippen molar-refractivity contribution in [3.05, 3.63) is 0 Å². The normalized spacial score (nSPS) is 36.8. The number of hydrogen-bond acceptors (Lipinski definition) is 2. The molecule has 12 heavy (non-hydrogen) atoms. The smallest absolute Gasteiger partial charge is 0.148 e. The second-order valence-corrected chi connectivity index (χ2v) is 4.43. The van der Waals surface area contributed by atoms with Gasteiger partial charge in [0, 0.05) is 0 Å². The van der Waals surface area contributed by atoms with Gasteiger partial charge in [0.15, 0.2) is 0 Å². The SMILES string of the molecule is CC(C)[C@@H]1OCO[C@]1(C)C(C)C. The fourth-order valence-electron chi connectivity index (χ4n) is 1.83. The summed E-state index contributed by atoms with van der Waals surface area (Å²) in [4.78, 5) is 0. The van der Waals surface area contributed by atoms with Crippen molar-refractivity contribution in [1.29, 1.82) is 0 Å². The van der Waals surface area contributed by atoms with Gasteiger partial charge in [0.1, 0.15) is 6.79 Å². The molecule has 1 aliphatic heterocycles. The van der Waals surface area contributed by atoms with E-state index in [4.69, 9.17) is 9.47 Å². The molecule has 1 rings (SSSR count). The lowest BCUT2D eigenvalue weighted by atomic mass is 9.82. The van der Waals surface area contributed by atoms with E-state index in [9.17, 15) is 0 Å². The van der Waals surface area contributed by atoms with Crippen molar-refractivity contribution in [2.45, 2.75) is 46.3 Å². The summed E-state index contributed by atoms with van der Waals surface area (Å²) in [6.07, 6.45) is 0.248. The van der Waals surface area contributed by atoms with Gasteiger partial charge in [0.2, 0.25) is 0 Å². The minimum Gasteiger partial charge on any atom is -0.349 e. The van der Waals surface area contributed by atoms with Crippen LogP contribution in [0.5, 0.6) is 0 Å². The van der Waals surface area contributed by atoms with Crippen LogP contribution in [-0.2, 0) is 9.47 Å². The molecule has 0 aromatic heterocycles. The van der Waals surface area contributed by atoms with Crippen molar-refractivity contribution >= 4 is 0 Å². The summed E-state index contributed by atoms with van der Waals surface area (Å²) in [5.74, 6) is 1.03. The fourth-order valence-corrected chi connectivity index (χ4v) is 1.83. The average Bonchev–Trinajstić information content (AvgIpc) is 2.32. The molecule has 0 N–H and O–H groups in total. The van der Waals surface area contributed by atoms with E-state index >= 15 is 0 Å². The fraction of sp³-hybridized carbons (Fsp3) is 1.00. The topological polar surface area (TPSA) is 18.5 Å². The van der Waals surface area contributed by atoms with E-state index in [1.165, 1.54) is 0 Å². The lowest BCUT2D eigenvalue weighted by molar-refractivity contribution is -0.0334. The van der Waals surface area contributed by atoms with Crippen LogP contribution in [0.1, 0.15) is 34.6 Å². The van der Waals surface area contributed by atoms with Gasteiger partial charge in [0.05, 0.1) is 11.7 Å². The van der Waals surface area contributed by atoms with Crippen LogP contribution in [-0.4, -0.2) is 18.5 Å². The zero-order valence-corrected chi connectivity index (χ0v) is 8.76. The molecule has 1 saturated heterocycles. The lowest BCUT2D eigenvalue weighted by Gasteiger charge is -2.34. The first-order chi connectivity index (χ1) is 5.48. The molecule has 0 amide bonds. The molecular weight excluding hydrogens is 152 g/mol. The van der Waals surface area contributed by atoms with Crippen LogP contribution in [0.3, 0.4) is 0 Å². The molecule has 0 radical (unpaired) electrons. The third kappa shape index (κ3) is 1.50. The third-order valence-corrected chi connectivity index (χ3v) is 2.93. The van der Waals surface area contributed by atoms with Crippen molar-refractivity contribution in [2.24, 2.45) is 11.8 Å². The minimum absolute atomic E-state index is 0.0891. The summed E-state index contributed by atoms with van der Waals surface area (Å²) in [6.45, 7) is 11.3. The zero-order chi connectivity index (χ0) is 9.35. The number of hydrogen-bond donors (Lipinski definition) is 0. The zero-order valence-electron chi connectivity index (χ0n) is 8.76. The second-order valence-electron chi connectivity index (χ2n) is 4.43. The van der Waals surface area contributed by atoms with E-state index in [0.29, 0.717) is 18.6 Å². The Morgan fingerprint density at radius 1 is 1.25 bits per heavy atom. The molecule has 1 aliphatic rings. The number of ether oxygens (including phenoxy) is 2. The highest BCUT2D eigenvalue weighted by atomic mass is 16.7. The highest BCUT2D eigenvalue weighted by Gasteiger charge is 2.45. The van der Waals surface area contributed by atoms with Crippen molar-refractivity contribution in [1.82, 2.24) is 0 Å². The molecule has 2 atom stereocenters. The summed E-state index contributed by atoms with van der Waals surface area (Å²) in [5, 5.41) is 0. The first-order valence-corrected chi connectivity index (χ1v) is 4.74. The van der Waals surface area contributed by atoms with Gasteiger partial charge < -0.3 is 9.47 Å². The molecule has 0 aliphatic carbocycles. The van der Waals surface area contributed by atoms with Crippen LogP contribution in [0.4, 0.5) is 0 Å². The lowest BCUT2D eigenvalue weighted by Crippen LogP contribution is -2.44. The van der Waals surface area contributed by atoms with E-state index in [2.05, 4.69) is 34.6 Å². The predicted molar refractivity (Wildman–Crippen MR) is 48.9 cm³/mol. The van der Waals surface area contributed by atoms with Gasteiger partial charge in [-0.05, 0) is 18.8 Å². The highest BCUT2D eigenvalue weighted by Crippen LogP contribution is 2.36. The van der Waals surface area contributed by atoms with Crippen molar-refractivity contribution in [3.63, 3.8) is 0 Å². The van der Waals surface area contributed by atoms with Crippen LogP contribution in [0.2, 0.25) is 0 Å². The standard InChI is InChI=1S/C10H20O2/c1-7(2)9-10(5,8(3)4)12-6-11-9/h7-9H,6H2,1-5H3/t9-,10+/m0/s1. The van der Waals surface area contributed by atoms with Crippen molar-refractivity contribution < 1.29 is 9.47 Å². The van der Waals surface area contributed by atoms with Crippen LogP contribution < -0.4 is 0 Å². The third-order valence-electron chi connectivity index (χ3n) is 2.93. The van der Waals surface area contributed by atoms with Crippen LogP contribution in [0, 0.1) is 11.8 Å². The molecule has 0 spiro atoms. The molecule has 2 heteroatoms. The maximum atomic E-state index is 5.65. The van der Waals surface area contributed by atoms with E-state index in [-0.39, 0.29) is 11.7 Å². The van der Waals surface area contributed by atoms with Gasteiger partial charge >= 0.3 is 0 Å². The monoisotopic (exact) mass is 172 g/mol. The number of rotatable bonds is 2. The van der Waals surface area contributed by atoms with Crippen LogP contribution in [0.25, 0.3) is 0 Å². The molecule has 1 fully saturated rings. The quantitative estimate of drug-likeness (QED) is 0.637. The molecule has 0 saturated carbocycles.